The third kappa shape index (κ3) is 4.11. The monoisotopic (exact) mass is 366 g/mol. The first-order chi connectivity index (χ1) is 12.8. The van der Waals surface area contributed by atoms with E-state index in [1.165, 1.54) is 10.3 Å². The Balaban J connectivity index is 1.25. The summed E-state index contributed by atoms with van der Waals surface area (Å²) in [7, 11) is 0. The van der Waals surface area contributed by atoms with Gasteiger partial charge in [-0.25, -0.2) is 4.98 Å². The number of nitrogens with one attached hydrogen (secondary N) is 1. The van der Waals surface area contributed by atoms with Gasteiger partial charge >= 0.3 is 0 Å². The van der Waals surface area contributed by atoms with Gasteiger partial charge in [-0.15, -0.1) is 11.3 Å². The smallest absolute Gasteiger partial charge is 0.223 e. The van der Waals surface area contributed by atoms with Gasteiger partial charge in [0.15, 0.2) is 0 Å². The fourth-order valence-electron chi connectivity index (χ4n) is 3.53. The van der Waals surface area contributed by atoms with Crippen molar-refractivity contribution < 1.29 is 9.69 Å². The molecule has 3 aromatic rings. The highest BCUT2D eigenvalue weighted by Gasteiger charge is 2.23. The highest BCUT2D eigenvalue weighted by Crippen LogP contribution is 2.22. The van der Waals surface area contributed by atoms with Gasteiger partial charge in [0.1, 0.15) is 6.54 Å². The summed E-state index contributed by atoms with van der Waals surface area (Å²) in [4.78, 5) is 20.8. The first-order valence-electron chi connectivity index (χ1n) is 9.28. The number of piperazine rings is 1. The number of hydrogen-bond donors (Lipinski definition) is 1. The zero-order chi connectivity index (χ0) is 17.8. The molecule has 0 aliphatic carbocycles. The Bertz CT molecular complexity index is 836. The summed E-state index contributed by atoms with van der Waals surface area (Å²) in [6, 6.07) is 18.8. The number of thiazole rings is 1. The molecule has 4 rings (SSSR count). The van der Waals surface area contributed by atoms with E-state index in [0.717, 1.165) is 49.7 Å². The third-order valence-electron chi connectivity index (χ3n) is 5.01. The molecule has 1 fully saturated rings. The Morgan fingerprint density at radius 3 is 2.54 bits per heavy atom. The van der Waals surface area contributed by atoms with E-state index in [1.54, 1.807) is 16.2 Å². The molecule has 1 saturated heterocycles. The number of rotatable bonds is 5. The second-order valence-electron chi connectivity index (χ2n) is 6.87. The van der Waals surface area contributed by atoms with Crippen LogP contribution in [0.1, 0.15) is 17.0 Å². The molecule has 0 saturated carbocycles. The van der Waals surface area contributed by atoms with Crippen molar-refractivity contribution in [1.82, 2.24) is 9.88 Å². The molecule has 26 heavy (non-hydrogen) atoms. The number of nitrogens with zero attached hydrogens (tertiary/aromatic N) is 2. The second kappa shape index (κ2) is 7.98. The van der Waals surface area contributed by atoms with Crippen LogP contribution < -0.4 is 4.90 Å². The maximum Gasteiger partial charge on any atom is 0.223 e. The van der Waals surface area contributed by atoms with Gasteiger partial charge in [-0.2, -0.15) is 0 Å². The topological polar surface area (TPSA) is 37.6 Å². The Morgan fingerprint density at radius 1 is 1.04 bits per heavy atom. The number of hydrogen-bond acceptors (Lipinski definition) is 3. The fraction of sp³-hybridized carbons (Fsp3) is 0.333. The summed E-state index contributed by atoms with van der Waals surface area (Å²) in [5.41, 5.74) is 2.41. The van der Waals surface area contributed by atoms with Crippen molar-refractivity contribution in [3.8, 4) is 0 Å². The van der Waals surface area contributed by atoms with Gasteiger partial charge < -0.3 is 9.80 Å². The third-order valence-corrected chi connectivity index (χ3v) is 6.11. The van der Waals surface area contributed by atoms with E-state index in [2.05, 4.69) is 41.4 Å². The summed E-state index contributed by atoms with van der Waals surface area (Å²) in [5, 5.41) is 1.06. The molecule has 1 N–H and O–H groups in total. The molecular weight excluding hydrogens is 342 g/mol. The van der Waals surface area contributed by atoms with Crippen molar-refractivity contribution in [3.63, 3.8) is 0 Å². The number of fused-ring (bicyclic) bond motifs is 1. The molecule has 1 amide bonds. The maximum atomic E-state index is 12.5. The molecule has 0 atom stereocenters. The van der Waals surface area contributed by atoms with Crippen LogP contribution in [-0.2, 0) is 17.8 Å². The molecule has 1 aromatic heterocycles. The predicted molar refractivity (Wildman–Crippen MR) is 105 cm³/mol. The largest absolute Gasteiger partial charge is 0.331 e. The summed E-state index contributed by atoms with van der Waals surface area (Å²) in [6.45, 7) is 4.83. The normalized spacial score (nSPS) is 15.5. The summed E-state index contributed by atoms with van der Waals surface area (Å²) in [6.07, 6.45) is 1.31. The molecule has 0 bridgehead atoms. The van der Waals surface area contributed by atoms with Crippen molar-refractivity contribution in [3.05, 3.63) is 65.2 Å². The first kappa shape index (κ1) is 17.2. The number of aromatic nitrogens is 1. The van der Waals surface area contributed by atoms with Crippen LogP contribution in [-0.4, -0.2) is 42.0 Å². The number of para-hydroxylation sites is 1. The number of carbonyl (C=O) groups is 1. The first-order valence-corrected chi connectivity index (χ1v) is 10.1. The molecule has 0 radical (unpaired) electrons. The molecule has 1 aliphatic heterocycles. The lowest BCUT2D eigenvalue weighted by Crippen LogP contribution is -3.13. The molecule has 134 valence electrons. The van der Waals surface area contributed by atoms with Gasteiger partial charge in [0.05, 0.1) is 41.4 Å². The standard InChI is InChI=1S/C21H23N3OS/c25-21(11-10-20-22-18-8-4-5-9-19(18)26-20)24-14-12-23(13-15-24)16-17-6-2-1-3-7-17/h1-9H,10-16H2/p+1. The molecule has 2 aromatic carbocycles. The van der Waals surface area contributed by atoms with Crippen molar-refractivity contribution in [2.75, 3.05) is 26.2 Å². The van der Waals surface area contributed by atoms with E-state index >= 15 is 0 Å². The minimum Gasteiger partial charge on any atom is -0.331 e. The number of quaternary nitrogens is 1. The average molecular weight is 367 g/mol. The maximum absolute atomic E-state index is 12.5. The molecule has 0 spiro atoms. The van der Waals surface area contributed by atoms with Gasteiger partial charge in [-0.1, -0.05) is 42.5 Å². The van der Waals surface area contributed by atoms with Crippen LogP contribution >= 0.6 is 11.3 Å². The zero-order valence-electron chi connectivity index (χ0n) is 14.9. The van der Waals surface area contributed by atoms with E-state index in [0.29, 0.717) is 6.42 Å². The van der Waals surface area contributed by atoms with E-state index in [9.17, 15) is 4.79 Å². The predicted octanol–water partition coefficient (Wildman–Crippen LogP) is 2.16. The van der Waals surface area contributed by atoms with E-state index in [4.69, 9.17) is 0 Å². The second-order valence-corrected chi connectivity index (χ2v) is 7.98. The molecule has 4 nitrogen and oxygen atoms in total. The minimum atomic E-state index is 0.267. The van der Waals surface area contributed by atoms with Crippen molar-refractivity contribution >= 4 is 27.5 Å². The Kier molecular flexibility index (Phi) is 5.27. The number of benzene rings is 2. The van der Waals surface area contributed by atoms with Crippen LogP contribution in [0.4, 0.5) is 0 Å². The van der Waals surface area contributed by atoms with E-state index in [1.807, 2.05) is 23.1 Å². The molecule has 2 heterocycles. The van der Waals surface area contributed by atoms with Gasteiger partial charge in [-0.05, 0) is 12.1 Å². The molecular formula is C21H24N3OS+. The number of carbonyl (C=O) groups excluding carboxylic acids is 1. The minimum absolute atomic E-state index is 0.267. The molecule has 5 heteroatoms. The van der Waals surface area contributed by atoms with Crippen molar-refractivity contribution in [1.29, 1.82) is 0 Å². The Hall–Kier alpha value is -2.24. The zero-order valence-corrected chi connectivity index (χ0v) is 15.7. The average Bonchev–Trinajstić information content (AvgIpc) is 3.10. The van der Waals surface area contributed by atoms with Gasteiger partial charge in [0, 0.05) is 18.4 Å². The number of aryl methyl sites for hydroxylation is 1. The molecule has 1 aliphatic rings. The highest BCUT2D eigenvalue weighted by atomic mass is 32.1. The van der Waals surface area contributed by atoms with E-state index in [-0.39, 0.29) is 5.91 Å². The number of amides is 1. The molecule has 0 unspecified atom stereocenters. The lowest BCUT2D eigenvalue weighted by atomic mass is 10.2. The van der Waals surface area contributed by atoms with Crippen LogP contribution in [0.2, 0.25) is 0 Å². The van der Waals surface area contributed by atoms with Gasteiger partial charge in [-0.3, -0.25) is 4.79 Å². The summed E-state index contributed by atoms with van der Waals surface area (Å²) >= 11 is 1.70. The van der Waals surface area contributed by atoms with Crippen molar-refractivity contribution in [2.45, 2.75) is 19.4 Å². The fourth-order valence-corrected chi connectivity index (χ4v) is 4.50. The van der Waals surface area contributed by atoms with Crippen LogP contribution in [0.15, 0.2) is 54.6 Å². The Morgan fingerprint density at radius 2 is 1.77 bits per heavy atom. The summed E-state index contributed by atoms with van der Waals surface area (Å²) in [5.74, 6) is 0.267. The van der Waals surface area contributed by atoms with Crippen molar-refractivity contribution in [2.24, 2.45) is 0 Å². The van der Waals surface area contributed by atoms with Crippen LogP contribution in [0.3, 0.4) is 0 Å². The summed E-state index contributed by atoms with van der Waals surface area (Å²) < 4.78 is 1.20. The van der Waals surface area contributed by atoms with Gasteiger partial charge in [0.25, 0.3) is 0 Å². The van der Waals surface area contributed by atoms with Crippen LogP contribution in [0, 0.1) is 0 Å². The van der Waals surface area contributed by atoms with Crippen LogP contribution in [0.25, 0.3) is 10.2 Å². The highest BCUT2D eigenvalue weighted by molar-refractivity contribution is 7.18. The van der Waals surface area contributed by atoms with Crippen LogP contribution in [0.5, 0.6) is 0 Å². The SMILES string of the molecule is O=C(CCc1nc2ccccc2s1)N1CC[NH+](Cc2ccccc2)CC1. The van der Waals surface area contributed by atoms with E-state index < -0.39 is 0 Å². The lowest BCUT2D eigenvalue weighted by molar-refractivity contribution is -0.917. The quantitative estimate of drug-likeness (QED) is 0.751. The Labute approximate surface area is 158 Å². The van der Waals surface area contributed by atoms with Gasteiger partial charge in [0.2, 0.25) is 5.91 Å². The lowest BCUT2D eigenvalue weighted by Gasteiger charge is -2.32.